The van der Waals surface area contributed by atoms with Crippen LogP contribution in [0.1, 0.15) is 30.5 Å². The van der Waals surface area contributed by atoms with Crippen molar-refractivity contribution >= 4 is 11.3 Å². The Labute approximate surface area is 88.2 Å². The Morgan fingerprint density at radius 1 is 1.64 bits per heavy atom. The molecule has 1 aromatic heterocycles. The number of β-amino-alcohol motifs (C(OH)–C–C–N with tert-alkyl or cyclic N) is 1. The fourth-order valence-corrected chi connectivity index (χ4v) is 2.38. The average molecular weight is 212 g/mol. The van der Waals surface area contributed by atoms with Crippen LogP contribution in [0.2, 0.25) is 0 Å². The van der Waals surface area contributed by atoms with Gasteiger partial charge in [0.15, 0.2) is 0 Å². The summed E-state index contributed by atoms with van der Waals surface area (Å²) in [5.74, 6) is 0.489. The van der Waals surface area contributed by atoms with Crippen molar-refractivity contribution in [1.82, 2.24) is 10.3 Å². The molecule has 0 aliphatic carbocycles. The van der Waals surface area contributed by atoms with Gasteiger partial charge in [-0.2, -0.15) is 0 Å². The van der Waals surface area contributed by atoms with Crippen LogP contribution in [-0.4, -0.2) is 28.8 Å². The first-order valence-electron chi connectivity index (χ1n) is 4.96. The van der Waals surface area contributed by atoms with E-state index in [0.717, 1.165) is 10.7 Å². The Morgan fingerprint density at radius 3 is 2.79 bits per heavy atom. The van der Waals surface area contributed by atoms with Gasteiger partial charge < -0.3 is 10.4 Å². The third-order valence-electron chi connectivity index (χ3n) is 2.48. The minimum absolute atomic E-state index is 0.489. The molecule has 1 saturated heterocycles. The normalized spacial score (nSPS) is 19.7. The van der Waals surface area contributed by atoms with Gasteiger partial charge in [-0.25, -0.2) is 4.98 Å². The number of nitrogens with one attached hydrogen (secondary N) is 1. The second-order valence-corrected chi connectivity index (χ2v) is 5.23. The summed E-state index contributed by atoms with van der Waals surface area (Å²) in [7, 11) is 0. The first kappa shape index (κ1) is 10.1. The lowest BCUT2D eigenvalue weighted by Gasteiger charge is -2.37. The number of nitrogens with zero attached hydrogens (tertiary/aromatic N) is 1. The number of hydrogen-bond acceptors (Lipinski definition) is 4. The quantitative estimate of drug-likeness (QED) is 0.790. The van der Waals surface area contributed by atoms with Gasteiger partial charge in [0, 0.05) is 30.8 Å². The summed E-state index contributed by atoms with van der Waals surface area (Å²) in [6.45, 7) is 5.67. The summed E-state index contributed by atoms with van der Waals surface area (Å²) in [6.07, 6.45) is 0.684. The van der Waals surface area contributed by atoms with Gasteiger partial charge in [-0.1, -0.05) is 13.8 Å². The molecule has 2 N–H and O–H groups in total. The highest BCUT2D eigenvalue weighted by Crippen LogP contribution is 2.23. The minimum atomic E-state index is -0.539. The third kappa shape index (κ3) is 1.97. The van der Waals surface area contributed by atoms with E-state index < -0.39 is 5.60 Å². The predicted octanol–water partition coefficient (Wildman–Crippen LogP) is 1.14. The van der Waals surface area contributed by atoms with E-state index >= 15 is 0 Å². The highest BCUT2D eigenvalue weighted by atomic mass is 32.1. The summed E-state index contributed by atoms with van der Waals surface area (Å²) in [5.41, 5.74) is 0.491. The summed E-state index contributed by atoms with van der Waals surface area (Å²) in [4.78, 5) is 4.51. The Kier molecular flexibility index (Phi) is 2.60. The number of aromatic nitrogens is 1. The van der Waals surface area contributed by atoms with Crippen molar-refractivity contribution in [1.29, 1.82) is 0 Å². The van der Waals surface area contributed by atoms with Gasteiger partial charge in [-0.15, -0.1) is 11.3 Å². The van der Waals surface area contributed by atoms with E-state index in [1.165, 1.54) is 0 Å². The zero-order valence-corrected chi connectivity index (χ0v) is 9.40. The Hall–Kier alpha value is -0.450. The van der Waals surface area contributed by atoms with E-state index in [1.807, 2.05) is 0 Å². The smallest absolute Gasteiger partial charge is 0.0953 e. The van der Waals surface area contributed by atoms with Gasteiger partial charge in [-0.05, 0) is 0 Å². The molecular formula is C10H16N2OS. The van der Waals surface area contributed by atoms with E-state index in [0.29, 0.717) is 25.4 Å². The first-order chi connectivity index (χ1) is 6.59. The van der Waals surface area contributed by atoms with E-state index in [1.54, 1.807) is 11.3 Å². The van der Waals surface area contributed by atoms with Crippen molar-refractivity contribution in [2.75, 3.05) is 13.1 Å². The second kappa shape index (κ2) is 3.61. The molecule has 0 saturated carbocycles. The maximum absolute atomic E-state index is 9.91. The van der Waals surface area contributed by atoms with Crippen molar-refractivity contribution in [3.63, 3.8) is 0 Å². The average Bonchev–Trinajstić information content (AvgIpc) is 2.50. The molecule has 2 rings (SSSR count). The lowest BCUT2D eigenvalue weighted by molar-refractivity contribution is -0.00972. The molecule has 0 radical (unpaired) electrons. The van der Waals surface area contributed by atoms with E-state index in [-0.39, 0.29) is 0 Å². The molecule has 1 fully saturated rings. The van der Waals surface area contributed by atoms with Crippen LogP contribution in [0.4, 0.5) is 0 Å². The van der Waals surface area contributed by atoms with Crippen LogP contribution in [-0.2, 0) is 6.42 Å². The molecule has 2 heterocycles. The summed E-state index contributed by atoms with van der Waals surface area (Å²) < 4.78 is 0. The van der Waals surface area contributed by atoms with Gasteiger partial charge >= 0.3 is 0 Å². The molecule has 0 amide bonds. The largest absolute Gasteiger partial charge is 0.387 e. The van der Waals surface area contributed by atoms with Crippen LogP contribution in [0.3, 0.4) is 0 Å². The third-order valence-corrected chi connectivity index (χ3v) is 3.68. The van der Waals surface area contributed by atoms with Crippen molar-refractivity contribution in [2.45, 2.75) is 31.8 Å². The van der Waals surface area contributed by atoms with E-state index in [2.05, 4.69) is 29.5 Å². The van der Waals surface area contributed by atoms with Crippen molar-refractivity contribution < 1.29 is 5.11 Å². The zero-order valence-electron chi connectivity index (χ0n) is 8.58. The highest BCUT2D eigenvalue weighted by Gasteiger charge is 2.34. The molecule has 0 spiro atoms. The maximum atomic E-state index is 9.91. The molecule has 0 aromatic carbocycles. The number of rotatable bonds is 3. The summed E-state index contributed by atoms with van der Waals surface area (Å²) >= 11 is 1.69. The van der Waals surface area contributed by atoms with Crippen LogP contribution in [0.25, 0.3) is 0 Å². The summed E-state index contributed by atoms with van der Waals surface area (Å²) in [6, 6.07) is 0. The zero-order chi connectivity index (χ0) is 10.2. The van der Waals surface area contributed by atoms with Gasteiger partial charge in [0.2, 0.25) is 0 Å². The lowest BCUT2D eigenvalue weighted by atomic mass is 9.92. The molecule has 14 heavy (non-hydrogen) atoms. The van der Waals surface area contributed by atoms with Crippen molar-refractivity contribution in [2.24, 2.45) is 0 Å². The maximum Gasteiger partial charge on any atom is 0.0953 e. The molecule has 78 valence electrons. The standard InChI is InChI=1S/C10H16N2OS/c1-7(2)9-12-8(4-14-9)3-10(13)5-11-6-10/h4,7,11,13H,3,5-6H2,1-2H3. The minimum Gasteiger partial charge on any atom is -0.387 e. The fourth-order valence-electron chi connectivity index (χ4n) is 1.54. The predicted molar refractivity (Wildman–Crippen MR) is 57.7 cm³/mol. The van der Waals surface area contributed by atoms with E-state index in [9.17, 15) is 5.11 Å². The van der Waals surface area contributed by atoms with Gasteiger partial charge in [0.05, 0.1) is 16.3 Å². The fraction of sp³-hybridized carbons (Fsp3) is 0.700. The van der Waals surface area contributed by atoms with Crippen LogP contribution in [0.5, 0.6) is 0 Å². The molecule has 1 aliphatic rings. The molecule has 4 heteroatoms. The van der Waals surface area contributed by atoms with Crippen molar-refractivity contribution in [3.8, 4) is 0 Å². The topological polar surface area (TPSA) is 45.2 Å². The molecule has 1 aromatic rings. The number of thiazole rings is 1. The van der Waals surface area contributed by atoms with Crippen molar-refractivity contribution in [3.05, 3.63) is 16.1 Å². The second-order valence-electron chi connectivity index (χ2n) is 4.34. The molecule has 1 aliphatic heterocycles. The summed E-state index contributed by atoms with van der Waals surface area (Å²) in [5, 5.41) is 16.2. The van der Waals surface area contributed by atoms with Gasteiger partial charge in [0.25, 0.3) is 0 Å². The van der Waals surface area contributed by atoms with E-state index in [4.69, 9.17) is 0 Å². The molecule has 0 atom stereocenters. The Balaban J connectivity index is 2.02. The van der Waals surface area contributed by atoms with Crippen LogP contribution in [0.15, 0.2) is 5.38 Å². The number of hydrogen-bond donors (Lipinski definition) is 2. The van der Waals surface area contributed by atoms with Gasteiger partial charge in [0.1, 0.15) is 0 Å². The Bertz CT molecular complexity index is 318. The SMILES string of the molecule is CC(C)c1nc(CC2(O)CNC2)cs1. The molecule has 0 bridgehead atoms. The van der Waals surface area contributed by atoms with Crippen LogP contribution >= 0.6 is 11.3 Å². The monoisotopic (exact) mass is 212 g/mol. The van der Waals surface area contributed by atoms with Crippen LogP contribution < -0.4 is 5.32 Å². The molecule has 3 nitrogen and oxygen atoms in total. The number of aliphatic hydroxyl groups is 1. The Morgan fingerprint density at radius 2 is 2.36 bits per heavy atom. The molecule has 0 unspecified atom stereocenters. The first-order valence-corrected chi connectivity index (χ1v) is 5.84. The molecular weight excluding hydrogens is 196 g/mol. The highest BCUT2D eigenvalue weighted by molar-refractivity contribution is 7.09. The van der Waals surface area contributed by atoms with Crippen LogP contribution in [0, 0.1) is 0 Å². The lowest BCUT2D eigenvalue weighted by Crippen LogP contribution is -2.60. The van der Waals surface area contributed by atoms with Gasteiger partial charge in [-0.3, -0.25) is 0 Å².